The highest BCUT2D eigenvalue weighted by Gasteiger charge is 2.18. The zero-order valence-electron chi connectivity index (χ0n) is 10.7. The first-order valence-electron chi connectivity index (χ1n) is 6.75. The third-order valence-corrected chi connectivity index (χ3v) is 5.60. The van der Waals surface area contributed by atoms with E-state index < -0.39 is 0 Å². The second kappa shape index (κ2) is 5.64. The molecule has 1 aromatic carbocycles. The van der Waals surface area contributed by atoms with Crippen LogP contribution < -0.4 is 0 Å². The lowest BCUT2D eigenvalue weighted by atomic mass is 10.1. The second-order valence-electron chi connectivity index (χ2n) is 5.07. The van der Waals surface area contributed by atoms with Crippen LogP contribution in [0, 0.1) is 5.82 Å². The first kappa shape index (κ1) is 13.1. The third-order valence-electron chi connectivity index (χ3n) is 3.68. The number of halogens is 2. The van der Waals surface area contributed by atoms with Gasteiger partial charge in [-0.15, -0.1) is 22.9 Å². The van der Waals surface area contributed by atoms with E-state index in [9.17, 15) is 4.39 Å². The molecule has 0 bridgehead atoms. The van der Waals surface area contributed by atoms with E-state index in [-0.39, 0.29) is 11.2 Å². The fourth-order valence-electron chi connectivity index (χ4n) is 2.61. The fourth-order valence-corrected chi connectivity index (χ4v) is 4.22. The lowest BCUT2D eigenvalue weighted by molar-refractivity contribution is 0.627. The fraction of sp³-hybridized carbons (Fsp3) is 0.375. The number of fused-ring (bicyclic) bond motifs is 1. The van der Waals surface area contributed by atoms with Gasteiger partial charge in [-0.3, -0.25) is 0 Å². The van der Waals surface area contributed by atoms with Crippen LogP contribution in [0.2, 0.25) is 0 Å². The lowest BCUT2D eigenvalue weighted by Gasteiger charge is -2.07. The van der Waals surface area contributed by atoms with E-state index in [2.05, 4.69) is 6.07 Å². The molecule has 1 atom stereocenters. The molecular weight excluding hydrogens is 279 g/mol. The van der Waals surface area contributed by atoms with Crippen molar-refractivity contribution in [2.45, 2.75) is 37.5 Å². The van der Waals surface area contributed by atoms with Gasteiger partial charge in [-0.25, -0.2) is 4.39 Å². The summed E-state index contributed by atoms with van der Waals surface area (Å²) < 4.78 is 12.9. The van der Waals surface area contributed by atoms with E-state index in [1.54, 1.807) is 12.1 Å². The molecule has 0 spiro atoms. The highest BCUT2D eigenvalue weighted by atomic mass is 35.5. The SMILES string of the molecule is Fc1ccc(C(Cl)c2cc3c(s2)CCCCC3)cc1. The van der Waals surface area contributed by atoms with Gasteiger partial charge in [0.15, 0.2) is 0 Å². The van der Waals surface area contributed by atoms with Gasteiger partial charge in [0.25, 0.3) is 0 Å². The first-order valence-corrected chi connectivity index (χ1v) is 8.00. The second-order valence-corrected chi connectivity index (χ2v) is 6.68. The summed E-state index contributed by atoms with van der Waals surface area (Å²) in [5.74, 6) is -0.213. The monoisotopic (exact) mass is 294 g/mol. The third kappa shape index (κ3) is 2.85. The summed E-state index contributed by atoms with van der Waals surface area (Å²) in [5.41, 5.74) is 2.45. The van der Waals surface area contributed by atoms with Crippen LogP contribution in [0.15, 0.2) is 30.3 Å². The van der Waals surface area contributed by atoms with E-state index in [0.717, 1.165) is 5.56 Å². The van der Waals surface area contributed by atoms with E-state index in [1.165, 1.54) is 59.6 Å². The number of aryl methyl sites for hydroxylation is 2. The molecule has 0 saturated heterocycles. The van der Waals surface area contributed by atoms with E-state index in [4.69, 9.17) is 11.6 Å². The molecule has 3 rings (SSSR count). The van der Waals surface area contributed by atoms with Crippen molar-refractivity contribution in [3.63, 3.8) is 0 Å². The molecule has 0 fully saturated rings. The highest BCUT2D eigenvalue weighted by Crippen LogP contribution is 2.38. The summed E-state index contributed by atoms with van der Waals surface area (Å²) in [4.78, 5) is 2.69. The Labute approximate surface area is 122 Å². The van der Waals surface area contributed by atoms with Crippen LogP contribution >= 0.6 is 22.9 Å². The Morgan fingerprint density at radius 2 is 1.79 bits per heavy atom. The van der Waals surface area contributed by atoms with Crippen molar-refractivity contribution in [3.05, 3.63) is 57.0 Å². The average molecular weight is 295 g/mol. The van der Waals surface area contributed by atoms with Gasteiger partial charge in [-0.2, -0.15) is 0 Å². The number of rotatable bonds is 2. The largest absolute Gasteiger partial charge is 0.207 e. The smallest absolute Gasteiger partial charge is 0.123 e. The van der Waals surface area contributed by atoms with Crippen molar-refractivity contribution in [1.29, 1.82) is 0 Å². The Hall–Kier alpha value is -0.860. The van der Waals surface area contributed by atoms with Crippen LogP contribution in [-0.2, 0) is 12.8 Å². The molecule has 0 nitrogen and oxygen atoms in total. The molecular formula is C16H16ClFS. The minimum Gasteiger partial charge on any atom is -0.207 e. The Bertz CT molecular complexity index is 535. The van der Waals surface area contributed by atoms with Crippen molar-refractivity contribution in [1.82, 2.24) is 0 Å². The number of alkyl halides is 1. The van der Waals surface area contributed by atoms with Gasteiger partial charge in [-0.05, 0) is 55.0 Å². The molecule has 1 heterocycles. The zero-order valence-corrected chi connectivity index (χ0v) is 12.2. The number of hydrogen-bond donors (Lipinski definition) is 0. The average Bonchev–Trinajstić information content (AvgIpc) is 2.70. The van der Waals surface area contributed by atoms with Gasteiger partial charge >= 0.3 is 0 Å². The molecule has 1 aliphatic rings. The molecule has 1 aromatic heterocycles. The van der Waals surface area contributed by atoms with Crippen molar-refractivity contribution in [2.75, 3.05) is 0 Å². The zero-order chi connectivity index (χ0) is 13.2. The van der Waals surface area contributed by atoms with Crippen molar-refractivity contribution >= 4 is 22.9 Å². The maximum absolute atomic E-state index is 12.9. The minimum absolute atomic E-state index is 0.155. The standard InChI is InChI=1S/C16H16ClFS/c17-16(11-6-8-13(18)9-7-11)15-10-12-4-2-1-3-5-14(12)19-15/h6-10,16H,1-5H2. The summed E-state index contributed by atoms with van der Waals surface area (Å²) >= 11 is 8.36. The molecule has 2 aromatic rings. The summed E-state index contributed by atoms with van der Waals surface area (Å²) in [6.07, 6.45) is 6.27. The normalized spacial score (nSPS) is 16.7. The van der Waals surface area contributed by atoms with Crippen LogP contribution in [0.3, 0.4) is 0 Å². The van der Waals surface area contributed by atoms with Crippen molar-refractivity contribution < 1.29 is 4.39 Å². The molecule has 0 aliphatic heterocycles. The molecule has 0 N–H and O–H groups in total. The number of thiophene rings is 1. The van der Waals surface area contributed by atoms with Crippen LogP contribution in [-0.4, -0.2) is 0 Å². The van der Waals surface area contributed by atoms with Crippen LogP contribution in [0.5, 0.6) is 0 Å². The Kier molecular flexibility index (Phi) is 3.90. The van der Waals surface area contributed by atoms with E-state index in [1.807, 2.05) is 11.3 Å². The van der Waals surface area contributed by atoms with Gasteiger partial charge in [0.05, 0.1) is 5.38 Å². The maximum Gasteiger partial charge on any atom is 0.123 e. The quantitative estimate of drug-likeness (QED) is 0.508. The van der Waals surface area contributed by atoms with Crippen LogP contribution in [0.25, 0.3) is 0 Å². The predicted molar refractivity (Wildman–Crippen MR) is 79.7 cm³/mol. The summed E-state index contributed by atoms with van der Waals surface area (Å²) in [7, 11) is 0. The predicted octanol–water partition coefficient (Wildman–Crippen LogP) is 5.48. The van der Waals surface area contributed by atoms with E-state index >= 15 is 0 Å². The lowest BCUT2D eigenvalue weighted by Crippen LogP contribution is -1.90. The van der Waals surface area contributed by atoms with Gasteiger partial charge < -0.3 is 0 Å². The van der Waals surface area contributed by atoms with E-state index in [0.29, 0.717) is 0 Å². The topological polar surface area (TPSA) is 0 Å². The van der Waals surface area contributed by atoms with Crippen molar-refractivity contribution in [2.24, 2.45) is 0 Å². The van der Waals surface area contributed by atoms with Gasteiger partial charge in [0.1, 0.15) is 5.82 Å². The van der Waals surface area contributed by atoms with Gasteiger partial charge in [0, 0.05) is 9.75 Å². The molecule has 3 heteroatoms. The van der Waals surface area contributed by atoms with Crippen LogP contribution in [0.1, 0.15) is 45.5 Å². The summed E-state index contributed by atoms with van der Waals surface area (Å²) in [6, 6.07) is 8.76. The van der Waals surface area contributed by atoms with Gasteiger partial charge in [0.2, 0.25) is 0 Å². The summed E-state index contributed by atoms with van der Waals surface area (Å²) in [5, 5.41) is -0.155. The highest BCUT2D eigenvalue weighted by molar-refractivity contribution is 7.12. The Morgan fingerprint density at radius 1 is 1.05 bits per heavy atom. The minimum atomic E-state index is -0.213. The Morgan fingerprint density at radius 3 is 2.58 bits per heavy atom. The number of benzene rings is 1. The maximum atomic E-state index is 12.9. The molecule has 1 unspecified atom stereocenters. The van der Waals surface area contributed by atoms with Crippen LogP contribution in [0.4, 0.5) is 4.39 Å². The Balaban J connectivity index is 1.87. The van der Waals surface area contributed by atoms with Crippen molar-refractivity contribution in [3.8, 4) is 0 Å². The first-order chi connectivity index (χ1) is 9.24. The molecule has 0 radical (unpaired) electrons. The molecule has 0 amide bonds. The number of hydrogen-bond acceptors (Lipinski definition) is 1. The molecule has 100 valence electrons. The molecule has 19 heavy (non-hydrogen) atoms. The summed E-state index contributed by atoms with van der Waals surface area (Å²) in [6.45, 7) is 0. The molecule has 0 saturated carbocycles. The molecule has 1 aliphatic carbocycles. The van der Waals surface area contributed by atoms with Gasteiger partial charge in [-0.1, -0.05) is 18.6 Å².